The fourth-order valence-electron chi connectivity index (χ4n) is 3.93. The predicted octanol–water partition coefficient (Wildman–Crippen LogP) is 1.57. The average Bonchev–Trinajstić information content (AvgIpc) is 2.98. The number of anilines is 1. The number of carbonyl (C=O) groups is 2. The topological polar surface area (TPSA) is 87.2 Å². The van der Waals surface area contributed by atoms with Crippen LogP contribution in [0.2, 0.25) is 0 Å². The molecule has 0 aliphatic carbocycles. The summed E-state index contributed by atoms with van der Waals surface area (Å²) in [4.78, 5) is 34.7. The molecule has 1 unspecified atom stereocenters. The fraction of sp³-hybridized carbons (Fsp3) is 0.333. The van der Waals surface area contributed by atoms with Crippen molar-refractivity contribution in [2.75, 3.05) is 18.0 Å². The minimum atomic E-state index is -1.14. The smallest absolute Gasteiger partial charge is 0.322 e. The Morgan fingerprint density at radius 1 is 1.15 bits per heavy atom. The Morgan fingerprint density at radius 3 is 2.54 bits per heavy atom. The Balaban J connectivity index is 1.61. The van der Waals surface area contributed by atoms with E-state index >= 15 is 0 Å². The van der Waals surface area contributed by atoms with Crippen molar-refractivity contribution < 1.29 is 14.0 Å². The number of rotatable bonds is 3. The number of nitrogens with one attached hydrogen (secondary N) is 2. The lowest BCUT2D eigenvalue weighted by Gasteiger charge is -2.41. The van der Waals surface area contributed by atoms with Gasteiger partial charge in [-0.05, 0) is 37.0 Å². The minimum absolute atomic E-state index is 0.124. The van der Waals surface area contributed by atoms with Crippen molar-refractivity contribution in [1.29, 1.82) is 0 Å². The zero-order valence-electron chi connectivity index (χ0n) is 14.0. The van der Waals surface area contributed by atoms with Crippen LogP contribution in [0, 0.1) is 11.7 Å². The van der Waals surface area contributed by atoms with Crippen LogP contribution in [0.15, 0.2) is 42.9 Å². The zero-order valence-corrected chi connectivity index (χ0v) is 14.0. The highest BCUT2D eigenvalue weighted by atomic mass is 19.1. The summed E-state index contributed by atoms with van der Waals surface area (Å²) in [5, 5.41) is 5.17. The molecule has 8 heteroatoms. The number of halogens is 1. The molecule has 0 radical (unpaired) electrons. The van der Waals surface area contributed by atoms with Gasteiger partial charge in [-0.25, -0.2) is 14.2 Å². The van der Waals surface area contributed by atoms with Gasteiger partial charge in [0, 0.05) is 37.2 Å². The fourth-order valence-corrected chi connectivity index (χ4v) is 3.93. The van der Waals surface area contributed by atoms with Gasteiger partial charge in [0.1, 0.15) is 0 Å². The van der Waals surface area contributed by atoms with E-state index < -0.39 is 11.6 Å². The largest absolute Gasteiger partial charge is 0.354 e. The SMILES string of the molecule is O=C1NC(=O)C(c2cccnc2)(C2CCN(c3ncccc3F)CC2)N1. The molecule has 2 aromatic heterocycles. The van der Waals surface area contributed by atoms with E-state index in [9.17, 15) is 14.0 Å². The van der Waals surface area contributed by atoms with Crippen LogP contribution in [0.3, 0.4) is 0 Å². The molecular weight excluding hydrogens is 337 g/mol. The van der Waals surface area contributed by atoms with Gasteiger partial charge in [0.05, 0.1) is 0 Å². The Morgan fingerprint density at radius 2 is 1.92 bits per heavy atom. The van der Waals surface area contributed by atoms with E-state index in [4.69, 9.17) is 0 Å². The van der Waals surface area contributed by atoms with E-state index in [1.807, 2.05) is 4.90 Å². The molecule has 134 valence electrons. The Labute approximate surface area is 149 Å². The first-order valence-corrected chi connectivity index (χ1v) is 8.51. The summed E-state index contributed by atoms with van der Waals surface area (Å²) in [6.45, 7) is 1.09. The molecule has 0 spiro atoms. The van der Waals surface area contributed by atoms with Crippen LogP contribution in [0.4, 0.5) is 15.0 Å². The lowest BCUT2D eigenvalue weighted by atomic mass is 9.73. The number of hydrogen-bond acceptors (Lipinski definition) is 5. The zero-order chi connectivity index (χ0) is 18.1. The molecule has 2 saturated heterocycles. The van der Waals surface area contributed by atoms with E-state index in [0.717, 1.165) is 0 Å². The maximum absolute atomic E-state index is 14.0. The number of pyridine rings is 2. The summed E-state index contributed by atoms with van der Waals surface area (Å²) < 4.78 is 14.0. The molecule has 1 atom stereocenters. The van der Waals surface area contributed by atoms with Gasteiger partial charge in [0.25, 0.3) is 5.91 Å². The molecule has 7 nitrogen and oxygen atoms in total. The van der Waals surface area contributed by atoms with Gasteiger partial charge in [-0.1, -0.05) is 6.07 Å². The van der Waals surface area contributed by atoms with E-state index in [1.54, 1.807) is 36.8 Å². The molecule has 4 rings (SSSR count). The molecule has 2 aliphatic heterocycles. The first-order chi connectivity index (χ1) is 12.6. The number of imide groups is 1. The highest BCUT2D eigenvalue weighted by Crippen LogP contribution is 2.39. The third-order valence-corrected chi connectivity index (χ3v) is 5.16. The van der Waals surface area contributed by atoms with Crippen LogP contribution < -0.4 is 15.5 Å². The van der Waals surface area contributed by atoms with Gasteiger partial charge in [-0.15, -0.1) is 0 Å². The quantitative estimate of drug-likeness (QED) is 0.816. The van der Waals surface area contributed by atoms with Crippen LogP contribution in [-0.2, 0) is 10.3 Å². The molecule has 2 N–H and O–H groups in total. The van der Waals surface area contributed by atoms with Crippen LogP contribution in [0.5, 0.6) is 0 Å². The molecule has 26 heavy (non-hydrogen) atoms. The highest BCUT2D eigenvalue weighted by molar-refractivity contribution is 6.07. The molecule has 2 aromatic rings. The first kappa shape index (κ1) is 16.4. The summed E-state index contributed by atoms with van der Waals surface area (Å²) in [5.41, 5.74) is -0.481. The first-order valence-electron chi connectivity index (χ1n) is 8.51. The second kappa shape index (κ2) is 6.36. The van der Waals surface area contributed by atoms with Crippen LogP contribution in [0.1, 0.15) is 18.4 Å². The molecule has 0 bridgehead atoms. The number of hydrogen-bond donors (Lipinski definition) is 2. The number of urea groups is 1. The number of aromatic nitrogens is 2. The third kappa shape index (κ3) is 2.58. The molecule has 2 fully saturated rings. The van der Waals surface area contributed by atoms with Crippen molar-refractivity contribution in [3.8, 4) is 0 Å². The lowest BCUT2D eigenvalue weighted by Crippen LogP contribution is -2.53. The van der Waals surface area contributed by atoms with Crippen molar-refractivity contribution >= 4 is 17.8 Å². The van der Waals surface area contributed by atoms with E-state index in [-0.39, 0.29) is 17.6 Å². The summed E-state index contributed by atoms with van der Waals surface area (Å²) in [6, 6.07) is 5.98. The maximum Gasteiger partial charge on any atom is 0.322 e. The molecule has 0 saturated carbocycles. The average molecular weight is 355 g/mol. The second-order valence-electron chi connectivity index (χ2n) is 6.53. The Bertz CT molecular complexity index is 838. The predicted molar refractivity (Wildman–Crippen MR) is 91.7 cm³/mol. The summed E-state index contributed by atoms with van der Waals surface area (Å²) >= 11 is 0. The molecular formula is C18H18FN5O2. The number of carbonyl (C=O) groups excluding carboxylic acids is 2. The van der Waals surface area contributed by atoms with E-state index in [1.165, 1.54) is 6.07 Å². The summed E-state index contributed by atoms with van der Waals surface area (Å²) in [5.74, 6) is -0.528. The third-order valence-electron chi connectivity index (χ3n) is 5.16. The van der Waals surface area contributed by atoms with Crippen molar-refractivity contribution in [2.45, 2.75) is 18.4 Å². The van der Waals surface area contributed by atoms with Gasteiger partial charge in [-0.2, -0.15) is 0 Å². The van der Waals surface area contributed by atoms with Gasteiger partial charge in [0.15, 0.2) is 17.2 Å². The molecule has 0 aromatic carbocycles. The Kier molecular flexibility index (Phi) is 4.02. The van der Waals surface area contributed by atoms with Gasteiger partial charge in [-0.3, -0.25) is 15.1 Å². The second-order valence-corrected chi connectivity index (χ2v) is 6.53. The van der Waals surface area contributed by atoms with Crippen LogP contribution in [-0.4, -0.2) is 35.0 Å². The standard InChI is InChI=1S/C18H18FN5O2/c19-14-4-2-8-21-15(14)24-9-5-12(6-10-24)18(13-3-1-7-20-11-13)16(25)22-17(26)23-18/h1-4,7-8,11-12H,5-6,9-10H2,(H2,22,23,25,26). The summed E-state index contributed by atoms with van der Waals surface area (Å²) in [6.07, 6.45) is 6.01. The number of nitrogens with zero attached hydrogens (tertiary/aromatic N) is 3. The Hall–Kier alpha value is -3.03. The van der Waals surface area contributed by atoms with Crippen molar-refractivity contribution in [3.05, 3.63) is 54.2 Å². The molecule has 4 heterocycles. The van der Waals surface area contributed by atoms with Crippen molar-refractivity contribution in [2.24, 2.45) is 5.92 Å². The van der Waals surface area contributed by atoms with Crippen molar-refractivity contribution in [1.82, 2.24) is 20.6 Å². The molecule has 3 amide bonds. The van der Waals surface area contributed by atoms with Gasteiger partial charge >= 0.3 is 6.03 Å². The maximum atomic E-state index is 14.0. The van der Waals surface area contributed by atoms with Gasteiger partial charge < -0.3 is 10.2 Å². The molecule has 2 aliphatic rings. The monoisotopic (exact) mass is 355 g/mol. The number of piperidine rings is 1. The van der Waals surface area contributed by atoms with Crippen molar-refractivity contribution in [3.63, 3.8) is 0 Å². The number of amides is 3. The summed E-state index contributed by atoms with van der Waals surface area (Å²) in [7, 11) is 0. The van der Waals surface area contributed by atoms with E-state index in [0.29, 0.717) is 37.3 Å². The van der Waals surface area contributed by atoms with E-state index in [2.05, 4.69) is 20.6 Å². The van der Waals surface area contributed by atoms with Crippen LogP contribution in [0.25, 0.3) is 0 Å². The lowest BCUT2D eigenvalue weighted by molar-refractivity contribution is -0.126. The highest BCUT2D eigenvalue weighted by Gasteiger charge is 2.53. The van der Waals surface area contributed by atoms with Crippen LogP contribution >= 0.6 is 0 Å². The van der Waals surface area contributed by atoms with Gasteiger partial charge in [0.2, 0.25) is 0 Å². The normalized spacial score (nSPS) is 23.7. The minimum Gasteiger partial charge on any atom is -0.354 e.